The number of carbonyl (C=O) groups is 1. The van der Waals surface area contributed by atoms with E-state index in [4.69, 9.17) is 9.47 Å². The second kappa shape index (κ2) is 16.9. The zero-order chi connectivity index (χ0) is 29.8. The molecule has 2 unspecified atom stereocenters. The van der Waals surface area contributed by atoms with Gasteiger partial charge in [0.05, 0.1) is 19.5 Å². The highest BCUT2D eigenvalue weighted by Crippen LogP contribution is 2.36. The summed E-state index contributed by atoms with van der Waals surface area (Å²) in [5.74, 6) is 2.94. The first-order valence-electron chi connectivity index (χ1n) is 15.7. The van der Waals surface area contributed by atoms with Gasteiger partial charge < -0.3 is 9.47 Å². The molecule has 0 radical (unpaired) electrons. The van der Waals surface area contributed by atoms with Crippen molar-refractivity contribution in [1.29, 1.82) is 0 Å². The van der Waals surface area contributed by atoms with Crippen LogP contribution in [0.15, 0.2) is 48.6 Å². The van der Waals surface area contributed by atoms with Gasteiger partial charge in [-0.2, -0.15) is 0 Å². The Kier molecular flexibility index (Phi) is 13.6. The number of hydrogen-bond donors (Lipinski definition) is 0. The Balaban J connectivity index is 1.89. The minimum atomic E-state index is 0.109. The number of carbonyl (C=O) groups excluding carboxylic acids is 1. The van der Waals surface area contributed by atoms with Crippen molar-refractivity contribution in [3.8, 4) is 11.5 Å². The zero-order valence-corrected chi connectivity index (χ0v) is 27.4. The molecule has 0 saturated heterocycles. The number of Topliss-reactive ketones (excluding diaryl/α,β-unsaturated/α-hetero) is 1. The molecule has 2 atom stereocenters. The molecule has 3 rings (SSSR count). The Bertz CT molecular complexity index is 1190. The molecule has 0 aromatic heterocycles. The lowest BCUT2D eigenvalue weighted by molar-refractivity contribution is -0.119. The fourth-order valence-corrected chi connectivity index (χ4v) is 7.34. The first kappa shape index (κ1) is 33.0. The Morgan fingerprint density at radius 1 is 1.00 bits per heavy atom. The van der Waals surface area contributed by atoms with E-state index in [0.717, 1.165) is 55.6 Å². The molecule has 224 valence electrons. The fraction of sp³-hybridized carbons (Fsp3) is 0.541. The summed E-state index contributed by atoms with van der Waals surface area (Å²) in [5.41, 5.74) is 7.29. The van der Waals surface area contributed by atoms with Crippen molar-refractivity contribution in [2.75, 3.05) is 14.2 Å². The van der Waals surface area contributed by atoms with Crippen molar-refractivity contribution in [3.63, 3.8) is 0 Å². The number of rotatable bonds is 16. The lowest BCUT2D eigenvalue weighted by atomic mass is 9.90. The van der Waals surface area contributed by atoms with Gasteiger partial charge in [-0.05, 0) is 90.1 Å². The van der Waals surface area contributed by atoms with E-state index >= 15 is 0 Å². The van der Waals surface area contributed by atoms with E-state index in [1.165, 1.54) is 53.5 Å². The van der Waals surface area contributed by atoms with Crippen LogP contribution in [0.2, 0.25) is 0 Å². The maximum absolute atomic E-state index is 13.1. The SMILES string of the molecule is CCCc1ccc(C(/C=C\CC(C)SC(CC)C(=O)CC2CCCC2)=C(/CC)c2ccc(OC)c(C)c2)cc1OC. The molecule has 2 aromatic carbocycles. The Hall–Kier alpha value is -2.46. The quantitative estimate of drug-likeness (QED) is 0.147. The van der Waals surface area contributed by atoms with E-state index in [0.29, 0.717) is 17.0 Å². The molecule has 0 bridgehead atoms. The summed E-state index contributed by atoms with van der Waals surface area (Å²) in [6.45, 7) is 11.0. The molecule has 1 saturated carbocycles. The first-order valence-corrected chi connectivity index (χ1v) is 16.7. The average Bonchev–Trinajstić information content (AvgIpc) is 3.49. The maximum atomic E-state index is 13.1. The topological polar surface area (TPSA) is 35.5 Å². The van der Waals surface area contributed by atoms with Gasteiger partial charge >= 0.3 is 0 Å². The molecule has 0 aliphatic heterocycles. The lowest BCUT2D eigenvalue weighted by Crippen LogP contribution is -2.21. The molecular formula is C37H52O3S. The summed E-state index contributed by atoms with van der Waals surface area (Å²) in [7, 11) is 3.49. The number of hydrogen-bond acceptors (Lipinski definition) is 4. The molecule has 3 nitrogen and oxygen atoms in total. The van der Waals surface area contributed by atoms with E-state index < -0.39 is 0 Å². The van der Waals surface area contributed by atoms with Crippen LogP contribution in [0.4, 0.5) is 0 Å². The van der Waals surface area contributed by atoms with Crippen LogP contribution < -0.4 is 9.47 Å². The average molecular weight is 577 g/mol. The Morgan fingerprint density at radius 3 is 2.32 bits per heavy atom. The fourth-order valence-electron chi connectivity index (χ4n) is 6.12. The number of thioether (sulfide) groups is 1. The van der Waals surface area contributed by atoms with Crippen molar-refractivity contribution in [3.05, 3.63) is 70.8 Å². The third kappa shape index (κ3) is 9.26. The standard InChI is InChI=1S/C37H52O3S/c1-8-14-29-19-20-31(25-36(29)40-7)33(32(9-2)30-21-22-35(39-6)26(4)23-30)18-13-15-27(5)41-37(10-3)34(38)24-28-16-11-12-17-28/h13,18-23,25,27-28,37H,8-12,14-17,24H2,1-7H3/b18-13-,33-32-. The highest BCUT2D eigenvalue weighted by Gasteiger charge is 2.25. The van der Waals surface area contributed by atoms with Gasteiger partial charge in [0.1, 0.15) is 17.3 Å². The molecule has 1 aliphatic carbocycles. The van der Waals surface area contributed by atoms with Crippen molar-refractivity contribution >= 4 is 28.7 Å². The second-order valence-electron chi connectivity index (χ2n) is 11.5. The molecule has 0 heterocycles. The van der Waals surface area contributed by atoms with Gasteiger partial charge in [0.15, 0.2) is 0 Å². The van der Waals surface area contributed by atoms with E-state index in [2.05, 4.69) is 83.2 Å². The molecule has 0 amide bonds. The first-order chi connectivity index (χ1) is 19.8. The number of methoxy groups -OCH3 is 2. The van der Waals surface area contributed by atoms with Gasteiger partial charge in [-0.3, -0.25) is 4.79 Å². The predicted octanol–water partition coefficient (Wildman–Crippen LogP) is 10.3. The van der Waals surface area contributed by atoms with Crippen molar-refractivity contribution in [2.45, 2.75) is 109 Å². The number of ether oxygens (including phenoxy) is 2. The van der Waals surface area contributed by atoms with E-state index in [9.17, 15) is 4.79 Å². The van der Waals surface area contributed by atoms with Crippen LogP contribution in [0.5, 0.6) is 11.5 Å². The van der Waals surface area contributed by atoms with Gasteiger partial charge in [-0.25, -0.2) is 0 Å². The van der Waals surface area contributed by atoms with Gasteiger partial charge in [-0.15, -0.1) is 11.8 Å². The molecule has 0 N–H and O–H groups in total. The van der Waals surface area contributed by atoms with Crippen molar-refractivity contribution in [2.24, 2.45) is 5.92 Å². The lowest BCUT2D eigenvalue weighted by Gasteiger charge is -2.20. The summed E-state index contributed by atoms with van der Waals surface area (Å²) in [6.07, 6.45) is 15.3. The van der Waals surface area contributed by atoms with Crippen molar-refractivity contribution < 1.29 is 14.3 Å². The predicted molar refractivity (Wildman–Crippen MR) is 178 cm³/mol. The molecule has 1 fully saturated rings. The van der Waals surface area contributed by atoms with Crippen molar-refractivity contribution in [1.82, 2.24) is 0 Å². The highest BCUT2D eigenvalue weighted by molar-refractivity contribution is 8.01. The molecule has 41 heavy (non-hydrogen) atoms. The summed E-state index contributed by atoms with van der Waals surface area (Å²) in [5, 5.41) is 0.484. The van der Waals surface area contributed by atoms with Crippen LogP contribution >= 0.6 is 11.8 Å². The number of aryl methyl sites for hydroxylation is 2. The zero-order valence-electron chi connectivity index (χ0n) is 26.6. The molecular weight excluding hydrogens is 524 g/mol. The third-order valence-electron chi connectivity index (χ3n) is 8.38. The molecule has 4 heteroatoms. The Labute approximate surface area is 254 Å². The van der Waals surface area contributed by atoms with Crippen LogP contribution in [0.25, 0.3) is 11.1 Å². The van der Waals surface area contributed by atoms with Gasteiger partial charge in [-0.1, -0.05) is 90.2 Å². The molecule has 2 aromatic rings. The van der Waals surface area contributed by atoms with Gasteiger partial charge in [0, 0.05) is 11.7 Å². The van der Waals surface area contributed by atoms with E-state index in [1.807, 2.05) is 11.8 Å². The molecule has 1 aliphatic rings. The van der Waals surface area contributed by atoms with Gasteiger partial charge in [0.25, 0.3) is 0 Å². The molecule has 0 spiro atoms. The smallest absolute Gasteiger partial charge is 0.146 e. The van der Waals surface area contributed by atoms with Gasteiger partial charge in [0.2, 0.25) is 0 Å². The third-order valence-corrected chi connectivity index (χ3v) is 9.96. The minimum Gasteiger partial charge on any atom is -0.496 e. The Morgan fingerprint density at radius 2 is 1.71 bits per heavy atom. The van der Waals surface area contributed by atoms with Crippen LogP contribution in [-0.4, -0.2) is 30.5 Å². The van der Waals surface area contributed by atoms with E-state index in [-0.39, 0.29) is 5.25 Å². The second-order valence-corrected chi connectivity index (χ2v) is 13.2. The number of benzene rings is 2. The largest absolute Gasteiger partial charge is 0.496 e. The monoisotopic (exact) mass is 576 g/mol. The minimum absolute atomic E-state index is 0.109. The van der Waals surface area contributed by atoms with Crippen LogP contribution in [0.1, 0.15) is 108 Å². The number of ketones is 1. The maximum Gasteiger partial charge on any atom is 0.146 e. The van der Waals surface area contributed by atoms with Crippen LogP contribution in [0, 0.1) is 12.8 Å². The highest BCUT2D eigenvalue weighted by atomic mass is 32.2. The van der Waals surface area contributed by atoms with Crippen LogP contribution in [0.3, 0.4) is 0 Å². The number of allylic oxidation sites excluding steroid dienone is 4. The van der Waals surface area contributed by atoms with E-state index in [1.54, 1.807) is 14.2 Å². The summed E-state index contributed by atoms with van der Waals surface area (Å²) in [6, 6.07) is 13.1. The summed E-state index contributed by atoms with van der Waals surface area (Å²) >= 11 is 1.86. The summed E-state index contributed by atoms with van der Waals surface area (Å²) in [4.78, 5) is 13.1. The summed E-state index contributed by atoms with van der Waals surface area (Å²) < 4.78 is 11.4. The normalized spacial score (nSPS) is 16.1. The van der Waals surface area contributed by atoms with Crippen LogP contribution in [-0.2, 0) is 11.2 Å².